The van der Waals surface area contributed by atoms with Crippen LogP contribution in [-0.4, -0.2) is 8.42 Å². The number of halogens is 1. The molecule has 1 N–H and O–H groups in total. The average Bonchev–Trinajstić information content (AvgIpc) is 2.90. The lowest BCUT2D eigenvalue weighted by Crippen LogP contribution is -2.12. The number of aryl methyl sites for hydroxylation is 1. The molecule has 0 saturated heterocycles. The Labute approximate surface area is 120 Å². The number of nitrogens with zero attached hydrogens (tertiary/aromatic N) is 1. The summed E-state index contributed by atoms with van der Waals surface area (Å²) in [6, 6.07) is 8.59. The van der Waals surface area contributed by atoms with Gasteiger partial charge < -0.3 is 0 Å². The quantitative estimate of drug-likeness (QED) is 0.943. The Morgan fingerprint density at radius 3 is 2.65 bits per heavy atom. The fourth-order valence-electron chi connectivity index (χ4n) is 1.56. The van der Waals surface area contributed by atoms with Crippen LogP contribution in [0.1, 0.15) is 17.4 Å². The molecule has 0 unspecified atom stereocenters. The van der Waals surface area contributed by atoms with Crippen LogP contribution in [0.3, 0.4) is 0 Å². The van der Waals surface area contributed by atoms with Crippen molar-refractivity contribution in [3.8, 4) is 6.07 Å². The van der Waals surface area contributed by atoms with E-state index in [2.05, 4.69) is 4.72 Å². The molecule has 0 saturated carbocycles. The molecule has 0 aliphatic rings. The van der Waals surface area contributed by atoms with Crippen molar-refractivity contribution in [1.82, 2.24) is 0 Å². The third-order valence-corrected chi connectivity index (χ3v) is 5.68. The highest BCUT2D eigenvalue weighted by Crippen LogP contribution is 2.25. The van der Waals surface area contributed by atoms with E-state index in [9.17, 15) is 12.8 Å². The summed E-state index contributed by atoms with van der Waals surface area (Å²) in [4.78, 5) is 0.936. The Balaban J connectivity index is 2.31. The Kier molecular flexibility index (Phi) is 4.06. The number of thiophene rings is 1. The number of hydrogen-bond acceptors (Lipinski definition) is 4. The van der Waals surface area contributed by atoms with Crippen LogP contribution < -0.4 is 4.72 Å². The minimum Gasteiger partial charge on any atom is -0.276 e. The van der Waals surface area contributed by atoms with Crippen molar-refractivity contribution >= 4 is 27.0 Å². The third-order valence-electron chi connectivity index (χ3n) is 2.59. The number of nitriles is 1. The van der Waals surface area contributed by atoms with E-state index in [1.807, 2.05) is 6.92 Å². The molecule has 0 aliphatic heterocycles. The number of rotatable bonds is 4. The van der Waals surface area contributed by atoms with Gasteiger partial charge in [0, 0.05) is 4.88 Å². The van der Waals surface area contributed by atoms with Crippen LogP contribution in [0.2, 0.25) is 0 Å². The molecule has 104 valence electrons. The topological polar surface area (TPSA) is 70.0 Å². The molecule has 0 aliphatic carbocycles. The van der Waals surface area contributed by atoms with Gasteiger partial charge in [-0.1, -0.05) is 6.92 Å². The Hall–Kier alpha value is -1.91. The summed E-state index contributed by atoms with van der Waals surface area (Å²) in [5.41, 5.74) is -0.0368. The maximum atomic E-state index is 13.7. The van der Waals surface area contributed by atoms with Crippen molar-refractivity contribution in [3.05, 3.63) is 46.6 Å². The number of anilines is 1. The number of hydrogen-bond donors (Lipinski definition) is 1. The summed E-state index contributed by atoms with van der Waals surface area (Å²) in [6.45, 7) is 1.93. The van der Waals surface area contributed by atoms with E-state index in [1.54, 1.807) is 12.1 Å². The second kappa shape index (κ2) is 5.61. The maximum Gasteiger partial charge on any atom is 0.271 e. The van der Waals surface area contributed by atoms with Gasteiger partial charge in [0.2, 0.25) is 0 Å². The maximum absolute atomic E-state index is 13.7. The molecular weight excluding hydrogens is 299 g/mol. The normalized spacial score (nSPS) is 11.1. The van der Waals surface area contributed by atoms with E-state index in [0.29, 0.717) is 0 Å². The number of benzene rings is 1. The molecule has 20 heavy (non-hydrogen) atoms. The minimum absolute atomic E-state index is 0.134. The van der Waals surface area contributed by atoms with E-state index in [4.69, 9.17) is 5.26 Å². The minimum atomic E-state index is -3.80. The molecule has 0 spiro atoms. The zero-order chi connectivity index (χ0) is 14.8. The first-order valence-electron chi connectivity index (χ1n) is 5.77. The van der Waals surface area contributed by atoms with Gasteiger partial charge in [-0.05, 0) is 36.8 Å². The van der Waals surface area contributed by atoms with Crippen LogP contribution in [0.25, 0.3) is 0 Å². The molecule has 4 nitrogen and oxygen atoms in total. The van der Waals surface area contributed by atoms with E-state index >= 15 is 0 Å². The van der Waals surface area contributed by atoms with Crippen molar-refractivity contribution in [2.75, 3.05) is 4.72 Å². The van der Waals surface area contributed by atoms with Crippen LogP contribution in [0, 0.1) is 17.1 Å². The Morgan fingerprint density at radius 2 is 2.10 bits per heavy atom. The van der Waals surface area contributed by atoms with Gasteiger partial charge in [0.15, 0.2) is 0 Å². The second-order valence-corrected chi connectivity index (χ2v) is 7.06. The molecule has 7 heteroatoms. The Bertz CT molecular complexity index is 776. The summed E-state index contributed by atoms with van der Waals surface area (Å²) in [5, 5.41) is 8.64. The van der Waals surface area contributed by atoms with Crippen LogP contribution in [-0.2, 0) is 16.4 Å². The fourth-order valence-corrected chi connectivity index (χ4v) is 3.92. The molecule has 0 atom stereocenters. The standard InChI is InChI=1S/C13H11FN2O2S2/c1-2-10-4-6-13(19-10)20(17,18)16-12-5-3-9(8-15)7-11(12)14/h3-7,16H,2H2,1H3. The van der Waals surface area contributed by atoms with Crippen molar-refractivity contribution in [3.63, 3.8) is 0 Å². The van der Waals surface area contributed by atoms with Gasteiger partial charge in [-0.15, -0.1) is 11.3 Å². The lowest BCUT2D eigenvalue weighted by Gasteiger charge is -2.07. The van der Waals surface area contributed by atoms with Gasteiger partial charge in [0.05, 0.1) is 17.3 Å². The monoisotopic (exact) mass is 310 g/mol. The molecule has 0 amide bonds. The van der Waals surface area contributed by atoms with Gasteiger partial charge in [0.25, 0.3) is 10.0 Å². The van der Waals surface area contributed by atoms with Crippen LogP contribution >= 0.6 is 11.3 Å². The van der Waals surface area contributed by atoms with Gasteiger partial charge in [-0.25, -0.2) is 12.8 Å². The summed E-state index contributed by atoms with van der Waals surface area (Å²) in [6.07, 6.45) is 0.741. The van der Waals surface area contributed by atoms with Gasteiger partial charge in [-0.2, -0.15) is 5.26 Å². The highest BCUT2D eigenvalue weighted by molar-refractivity contribution is 7.94. The van der Waals surface area contributed by atoms with Crippen LogP contribution in [0.5, 0.6) is 0 Å². The molecule has 1 aromatic heterocycles. The number of sulfonamides is 1. The highest BCUT2D eigenvalue weighted by Gasteiger charge is 2.18. The summed E-state index contributed by atoms with van der Waals surface area (Å²) in [5.74, 6) is -0.778. The van der Waals surface area contributed by atoms with E-state index in [-0.39, 0.29) is 15.5 Å². The first kappa shape index (κ1) is 14.5. The van der Waals surface area contributed by atoms with E-state index in [0.717, 1.165) is 28.7 Å². The molecule has 0 radical (unpaired) electrons. The lowest BCUT2D eigenvalue weighted by atomic mass is 10.2. The van der Waals surface area contributed by atoms with E-state index < -0.39 is 15.8 Å². The van der Waals surface area contributed by atoms with Crippen LogP contribution in [0.15, 0.2) is 34.5 Å². The predicted molar refractivity (Wildman–Crippen MR) is 75.6 cm³/mol. The SMILES string of the molecule is CCc1ccc(S(=O)(=O)Nc2ccc(C#N)cc2F)s1. The fraction of sp³-hybridized carbons (Fsp3) is 0.154. The van der Waals surface area contributed by atoms with Gasteiger partial charge in [-0.3, -0.25) is 4.72 Å². The molecule has 2 aromatic rings. The summed E-state index contributed by atoms with van der Waals surface area (Å²) in [7, 11) is -3.80. The molecule has 0 bridgehead atoms. The smallest absolute Gasteiger partial charge is 0.271 e. The first-order valence-corrected chi connectivity index (χ1v) is 8.07. The predicted octanol–water partition coefficient (Wildman–Crippen LogP) is 3.12. The van der Waals surface area contributed by atoms with Crippen molar-refractivity contribution in [2.45, 2.75) is 17.6 Å². The molecule has 1 aromatic carbocycles. The Morgan fingerprint density at radius 1 is 1.35 bits per heavy atom. The largest absolute Gasteiger partial charge is 0.276 e. The summed E-state index contributed by atoms with van der Waals surface area (Å²) < 4.78 is 40.2. The summed E-state index contributed by atoms with van der Waals surface area (Å²) >= 11 is 1.15. The van der Waals surface area contributed by atoms with Gasteiger partial charge in [0.1, 0.15) is 10.0 Å². The van der Waals surface area contributed by atoms with Crippen LogP contribution in [0.4, 0.5) is 10.1 Å². The highest BCUT2D eigenvalue weighted by atomic mass is 32.2. The average molecular weight is 310 g/mol. The van der Waals surface area contributed by atoms with E-state index in [1.165, 1.54) is 18.2 Å². The van der Waals surface area contributed by atoms with Crippen molar-refractivity contribution in [2.24, 2.45) is 0 Å². The van der Waals surface area contributed by atoms with Crippen molar-refractivity contribution < 1.29 is 12.8 Å². The van der Waals surface area contributed by atoms with Crippen molar-refractivity contribution in [1.29, 1.82) is 5.26 Å². The third kappa shape index (κ3) is 2.98. The lowest BCUT2D eigenvalue weighted by molar-refractivity contribution is 0.600. The zero-order valence-electron chi connectivity index (χ0n) is 10.6. The number of nitrogens with one attached hydrogen (secondary N) is 1. The zero-order valence-corrected chi connectivity index (χ0v) is 12.2. The van der Waals surface area contributed by atoms with Gasteiger partial charge >= 0.3 is 0 Å². The molecule has 0 fully saturated rings. The second-order valence-electron chi connectivity index (χ2n) is 3.99. The molecule has 2 rings (SSSR count). The molecule has 1 heterocycles. The first-order chi connectivity index (χ1) is 9.46. The molecular formula is C13H11FN2O2S2.